The standard InChI is InChI=1S/C14H17F2N/c15-12-3-4-13(16)10(6-12)8-14(17)7-9-1-2-11(14)5-9/h3-4,6,9,11H,1-2,5,7-8,17H2. The molecule has 0 saturated heterocycles. The molecule has 2 bridgehead atoms. The van der Waals surface area contributed by atoms with E-state index in [9.17, 15) is 8.78 Å². The van der Waals surface area contributed by atoms with Gasteiger partial charge in [-0.2, -0.15) is 0 Å². The molecule has 1 aromatic rings. The first-order chi connectivity index (χ1) is 8.07. The van der Waals surface area contributed by atoms with Gasteiger partial charge in [-0.3, -0.25) is 0 Å². The van der Waals surface area contributed by atoms with Gasteiger partial charge in [0, 0.05) is 5.54 Å². The molecule has 3 heteroatoms. The minimum atomic E-state index is -0.381. The summed E-state index contributed by atoms with van der Waals surface area (Å²) in [4.78, 5) is 0. The van der Waals surface area contributed by atoms with Gasteiger partial charge in [0.25, 0.3) is 0 Å². The Morgan fingerprint density at radius 3 is 2.76 bits per heavy atom. The van der Waals surface area contributed by atoms with Gasteiger partial charge in [-0.05, 0) is 61.3 Å². The highest BCUT2D eigenvalue weighted by atomic mass is 19.1. The molecule has 3 atom stereocenters. The Balaban J connectivity index is 1.85. The zero-order valence-electron chi connectivity index (χ0n) is 9.76. The second-order valence-corrected chi connectivity index (χ2v) is 5.73. The molecule has 17 heavy (non-hydrogen) atoms. The highest BCUT2D eigenvalue weighted by Crippen LogP contribution is 2.50. The lowest BCUT2D eigenvalue weighted by molar-refractivity contribution is 0.266. The molecule has 2 fully saturated rings. The van der Waals surface area contributed by atoms with Crippen LogP contribution in [0.5, 0.6) is 0 Å². The van der Waals surface area contributed by atoms with E-state index < -0.39 is 0 Å². The quantitative estimate of drug-likeness (QED) is 0.840. The fourth-order valence-corrected chi connectivity index (χ4v) is 3.74. The lowest BCUT2D eigenvalue weighted by Gasteiger charge is -2.34. The second-order valence-electron chi connectivity index (χ2n) is 5.73. The van der Waals surface area contributed by atoms with Gasteiger partial charge in [-0.15, -0.1) is 0 Å². The van der Waals surface area contributed by atoms with Crippen LogP contribution in [0.3, 0.4) is 0 Å². The zero-order chi connectivity index (χ0) is 12.0. The van der Waals surface area contributed by atoms with Crippen molar-refractivity contribution in [2.24, 2.45) is 17.6 Å². The number of nitrogens with two attached hydrogens (primary N) is 1. The van der Waals surface area contributed by atoms with Crippen LogP contribution in [-0.2, 0) is 6.42 Å². The van der Waals surface area contributed by atoms with E-state index in [0.717, 1.165) is 18.9 Å². The molecule has 3 unspecified atom stereocenters. The summed E-state index contributed by atoms with van der Waals surface area (Å²) in [6, 6.07) is 3.64. The minimum Gasteiger partial charge on any atom is -0.325 e. The van der Waals surface area contributed by atoms with Crippen LogP contribution in [0.15, 0.2) is 18.2 Å². The fourth-order valence-electron chi connectivity index (χ4n) is 3.74. The Kier molecular flexibility index (Phi) is 2.47. The third kappa shape index (κ3) is 1.86. The Morgan fingerprint density at radius 2 is 2.12 bits per heavy atom. The van der Waals surface area contributed by atoms with Crippen molar-refractivity contribution in [1.29, 1.82) is 0 Å². The third-order valence-corrected chi connectivity index (χ3v) is 4.55. The van der Waals surface area contributed by atoms with Gasteiger partial charge in [-0.25, -0.2) is 8.78 Å². The van der Waals surface area contributed by atoms with E-state index in [1.165, 1.54) is 25.0 Å². The van der Waals surface area contributed by atoms with Crippen LogP contribution in [0.4, 0.5) is 8.78 Å². The van der Waals surface area contributed by atoms with Crippen LogP contribution in [0.1, 0.15) is 31.2 Å². The molecule has 0 aromatic heterocycles. The number of fused-ring (bicyclic) bond motifs is 2. The average molecular weight is 237 g/mol. The summed E-state index contributed by atoms with van der Waals surface area (Å²) in [6.45, 7) is 0. The monoisotopic (exact) mass is 237 g/mol. The predicted octanol–water partition coefficient (Wildman–Crippen LogP) is 3.02. The molecule has 2 aliphatic carbocycles. The van der Waals surface area contributed by atoms with E-state index in [4.69, 9.17) is 5.73 Å². The maximum absolute atomic E-state index is 13.6. The van der Waals surface area contributed by atoms with E-state index in [1.807, 2.05) is 0 Å². The largest absolute Gasteiger partial charge is 0.325 e. The summed E-state index contributed by atoms with van der Waals surface area (Å²) in [6.07, 6.45) is 5.02. The van der Waals surface area contributed by atoms with Crippen LogP contribution in [0, 0.1) is 23.5 Å². The van der Waals surface area contributed by atoms with Crippen LogP contribution < -0.4 is 5.73 Å². The van der Waals surface area contributed by atoms with Crippen LogP contribution in [-0.4, -0.2) is 5.54 Å². The van der Waals surface area contributed by atoms with Crippen molar-refractivity contribution < 1.29 is 8.78 Å². The van der Waals surface area contributed by atoms with Gasteiger partial charge >= 0.3 is 0 Å². The van der Waals surface area contributed by atoms with Gasteiger partial charge in [0.15, 0.2) is 0 Å². The van der Waals surface area contributed by atoms with Crippen molar-refractivity contribution >= 4 is 0 Å². The maximum Gasteiger partial charge on any atom is 0.126 e. The summed E-state index contributed by atoms with van der Waals surface area (Å²) < 4.78 is 26.7. The topological polar surface area (TPSA) is 26.0 Å². The van der Waals surface area contributed by atoms with Crippen molar-refractivity contribution in [2.45, 2.75) is 37.6 Å². The third-order valence-electron chi connectivity index (χ3n) is 4.55. The Labute approximate surface area is 100 Å². The first-order valence-corrected chi connectivity index (χ1v) is 6.30. The minimum absolute atomic E-state index is 0.308. The van der Waals surface area contributed by atoms with Gasteiger partial charge < -0.3 is 5.73 Å². The first kappa shape index (κ1) is 11.1. The molecule has 0 radical (unpaired) electrons. The molecule has 1 nitrogen and oxygen atoms in total. The lowest BCUT2D eigenvalue weighted by atomic mass is 9.77. The number of rotatable bonds is 2. The molecule has 2 saturated carbocycles. The Bertz CT molecular complexity index is 446. The average Bonchev–Trinajstić information content (AvgIpc) is 2.83. The lowest BCUT2D eigenvalue weighted by Crippen LogP contribution is -2.47. The van der Waals surface area contributed by atoms with Crippen molar-refractivity contribution in [3.05, 3.63) is 35.4 Å². The molecule has 92 valence electrons. The smallest absolute Gasteiger partial charge is 0.126 e. The zero-order valence-corrected chi connectivity index (χ0v) is 9.76. The Morgan fingerprint density at radius 1 is 1.29 bits per heavy atom. The van der Waals surface area contributed by atoms with Gasteiger partial charge in [0.2, 0.25) is 0 Å². The van der Waals surface area contributed by atoms with E-state index in [0.29, 0.717) is 23.8 Å². The molecule has 0 aliphatic heterocycles. The second kappa shape index (κ2) is 3.77. The molecule has 1 aromatic carbocycles. The van der Waals surface area contributed by atoms with E-state index in [2.05, 4.69) is 0 Å². The van der Waals surface area contributed by atoms with Crippen LogP contribution in [0.2, 0.25) is 0 Å². The SMILES string of the molecule is NC1(Cc2cc(F)ccc2F)CC2CCC1C2. The molecule has 2 N–H and O–H groups in total. The van der Waals surface area contributed by atoms with Crippen molar-refractivity contribution in [2.75, 3.05) is 0 Å². The molecular weight excluding hydrogens is 220 g/mol. The highest BCUT2D eigenvalue weighted by Gasteiger charge is 2.48. The van der Waals surface area contributed by atoms with Gasteiger partial charge in [0.05, 0.1) is 0 Å². The molecule has 0 amide bonds. The van der Waals surface area contributed by atoms with Crippen molar-refractivity contribution in [3.8, 4) is 0 Å². The van der Waals surface area contributed by atoms with Gasteiger partial charge in [-0.1, -0.05) is 6.42 Å². The molecular formula is C14H17F2N. The highest BCUT2D eigenvalue weighted by molar-refractivity contribution is 5.23. The van der Waals surface area contributed by atoms with Crippen molar-refractivity contribution in [3.63, 3.8) is 0 Å². The number of benzene rings is 1. The summed E-state index contributed by atoms with van der Waals surface area (Å²) in [5, 5.41) is 0. The first-order valence-electron chi connectivity index (χ1n) is 6.30. The normalized spacial score (nSPS) is 35.5. The summed E-state index contributed by atoms with van der Waals surface area (Å²) in [7, 11) is 0. The maximum atomic E-state index is 13.6. The predicted molar refractivity (Wildman–Crippen MR) is 62.4 cm³/mol. The molecule has 2 aliphatic rings. The number of hydrogen-bond donors (Lipinski definition) is 1. The molecule has 0 heterocycles. The fraction of sp³-hybridized carbons (Fsp3) is 0.571. The van der Waals surface area contributed by atoms with Crippen LogP contribution in [0.25, 0.3) is 0 Å². The molecule has 0 spiro atoms. The van der Waals surface area contributed by atoms with Crippen molar-refractivity contribution in [1.82, 2.24) is 0 Å². The summed E-state index contributed by atoms with van der Waals surface area (Å²) in [5.41, 5.74) is 6.53. The van der Waals surface area contributed by atoms with E-state index in [-0.39, 0.29) is 17.2 Å². The summed E-state index contributed by atoms with van der Waals surface area (Å²) >= 11 is 0. The van der Waals surface area contributed by atoms with E-state index >= 15 is 0 Å². The van der Waals surface area contributed by atoms with Gasteiger partial charge in [0.1, 0.15) is 11.6 Å². The molecule has 3 rings (SSSR count). The van der Waals surface area contributed by atoms with E-state index in [1.54, 1.807) is 0 Å². The number of halogens is 2. The Hall–Kier alpha value is -0.960. The summed E-state index contributed by atoms with van der Waals surface area (Å²) in [5.74, 6) is 0.490. The number of hydrogen-bond acceptors (Lipinski definition) is 1. The van der Waals surface area contributed by atoms with Crippen LogP contribution >= 0.6 is 0 Å².